The van der Waals surface area contributed by atoms with Gasteiger partial charge < -0.3 is 10.1 Å². The van der Waals surface area contributed by atoms with Crippen LogP contribution in [-0.4, -0.2) is 43.5 Å². The summed E-state index contributed by atoms with van der Waals surface area (Å²) in [6.07, 6.45) is 4.63. The van der Waals surface area contributed by atoms with Gasteiger partial charge in [0.15, 0.2) is 0 Å². The molecule has 0 unspecified atom stereocenters. The van der Waals surface area contributed by atoms with Crippen LogP contribution in [0.1, 0.15) is 29.0 Å². The SMILES string of the molecule is Cc1cnc(C(=O)Nc2ccc(S(=O)(=O)NC[C@@H]3CCCO3)cc2)cn1. The van der Waals surface area contributed by atoms with Crippen molar-refractivity contribution in [3.8, 4) is 0 Å². The Kier molecular flexibility index (Phi) is 5.60. The lowest BCUT2D eigenvalue weighted by atomic mass is 10.2. The molecular formula is C17H20N4O4S. The number of nitrogens with zero attached hydrogens (tertiary/aromatic N) is 2. The average molecular weight is 376 g/mol. The summed E-state index contributed by atoms with van der Waals surface area (Å²) < 4.78 is 32.6. The predicted molar refractivity (Wildman–Crippen MR) is 95.3 cm³/mol. The largest absolute Gasteiger partial charge is 0.377 e. The Labute approximate surface area is 152 Å². The topological polar surface area (TPSA) is 110 Å². The number of carbonyl (C=O) groups is 1. The molecule has 2 aromatic rings. The van der Waals surface area contributed by atoms with E-state index in [0.717, 1.165) is 12.8 Å². The first kappa shape index (κ1) is 18.4. The van der Waals surface area contributed by atoms with Crippen LogP contribution >= 0.6 is 0 Å². The van der Waals surface area contributed by atoms with Crippen LogP contribution < -0.4 is 10.0 Å². The van der Waals surface area contributed by atoms with Crippen molar-refractivity contribution >= 4 is 21.6 Å². The lowest BCUT2D eigenvalue weighted by molar-refractivity contribution is 0.102. The number of hydrogen-bond acceptors (Lipinski definition) is 6. The first-order valence-corrected chi connectivity index (χ1v) is 9.74. The van der Waals surface area contributed by atoms with E-state index in [1.54, 1.807) is 6.92 Å². The summed E-state index contributed by atoms with van der Waals surface area (Å²) in [5.41, 5.74) is 1.37. The van der Waals surface area contributed by atoms with Gasteiger partial charge in [0, 0.05) is 25.0 Å². The molecular weight excluding hydrogens is 356 g/mol. The Morgan fingerprint density at radius 1 is 1.23 bits per heavy atom. The van der Waals surface area contributed by atoms with Crippen molar-refractivity contribution in [1.82, 2.24) is 14.7 Å². The van der Waals surface area contributed by atoms with E-state index in [4.69, 9.17) is 4.74 Å². The third kappa shape index (κ3) is 4.63. The van der Waals surface area contributed by atoms with Crippen LogP contribution in [0.3, 0.4) is 0 Å². The summed E-state index contributed by atoms with van der Waals surface area (Å²) in [5.74, 6) is -0.412. The van der Waals surface area contributed by atoms with Gasteiger partial charge >= 0.3 is 0 Å². The lowest BCUT2D eigenvalue weighted by Crippen LogP contribution is -2.31. The minimum Gasteiger partial charge on any atom is -0.377 e. The first-order chi connectivity index (χ1) is 12.4. The number of nitrogens with one attached hydrogen (secondary N) is 2. The highest BCUT2D eigenvalue weighted by Gasteiger charge is 2.20. The van der Waals surface area contributed by atoms with Crippen LogP contribution in [-0.2, 0) is 14.8 Å². The molecule has 8 nitrogen and oxygen atoms in total. The molecule has 1 aliphatic rings. The molecule has 1 atom stereocenters. The molecule has 1 fully saturated rings. The number of carbonyl (C=O) groups excluding carboxylic acids is 1. The maximum atomic E-state index is 12.3. The van der Waals surface area contributed by atoms with E-state index in [1.807, 2.05) is 0 Å². The second kappa shape index (κ2) is 7.90. The van der Waals surface area contributed by atoms with E-state index < -0.39 is 15.9 Å². The second-order valence-corrected chi connectivity index (χ2v) is 7.78. The van der Waals surface area contributed by atoms with Crippen LogP contribution in [0.4, 0.5) is 5.69 Å². The highest BCUT2D eigenvalue weighted by Crippen LogP contribution is 2.16. The van der Waals surface area contributed by atoms with Gasteiger partial charge in [0.2, 0.25) is 10.0 Å². The minimum atomic E-state index is -3.61. The first-order valence-electron chi connectivity index (χ1n) is 8.25. The predicted octanol–water partition coefficient (Wildman–Crippen LogP) is 1.49. The number of sulfonamides is 1. The lowest BCUT2D eigenvalue weighted by Gasteiger charge is -2.12. The summed E-state index contributed by atoms with van der Waals surface area (Å²) >= 11 is 0. The maximum absolute atomic E-state index is 12.3. The normalized spacial score (nSPS) is 17.2. The van der Waals surface area contributed by atoms with Crippen molar-refractivity contribution in [3.05, 3.63) is 48.0 Å². The molecule has 0 bridgehead atoms. The number of rotatable bonds is 6. The van der Waals surface area contributed by atoms with E-state index >= 15 is 0 Å². The van der Waals surface area contributed by atoms with E-state index in [2.05, 4.69) is 20.0 Å². The Morgan fingerprint density at radius 3 is 2.62 bits per heavy atom. The molecule has 1 saturated heterocycles. The van der Waals surface area contributed by atoms with Gasteiger partial charge in [0.05, 0.1) is 22.9 Å². The number of benzene rings is 1. The van der Waals surface area contributed by atoms with Crippen LogP contribution in [0.25, 0.3) is 0 Å². The zero-order valence-corrected chi connectivity index (χ0v) is 15.1. The minimum absolute atomic E-state index is 0.0704. The number of anilines is 1. The fourth-order valence-electron chi connectivity index (χ4n) is 2.51. The third-order valence-electron chi connectivity index (χ3n) is 3.96. The third-order valence-corrected chi connectivity index (χ3v) is 5.40. The fraction of sp³-hybridized carbons (Fsp3) is 0.353. The summed E-state index contributed by atoms with van der Waals surface area (Å²) in [6, 6.07) is 5.93. The number of ether oxygens (including phenoxy) is 1. The van der Waals surface area contributed by atoms with Crippen molar-refractivity contribution in [2.45, 2.75) is 30.8 Å². The Bertz CT molecular complexity index is 861. The molecule has 26 heavy (non-hydrogen) atoms. The Hall–Kier alpha value is -2.36. The molecule has 2 N–H and O–H groups in total. The number of aromatic nitrogens is 2. The van der Waals surface area contributed by atoms with Crippen molar-refractivity contribution in [2.24, 2.45) is 0 Å². The van der Waals surface area contributed by atoms with Gasteiger partial charge in [-0.15, -0.1) is 0 Å². The van der Waals surface area contributed by atoms with Crippen LogP contribution in [0.15, 0.2) is 41.6 Å². The number of hydrogen-bond donors (Lipinski definition) is 2. The van der Waals surface area contributed by atoms with E-state index in [0.29, 0.717) is 18.0 Å². The molecule has 3 rings (SSSR count). The van der Waals surface area contributed by atoms with Crippen LogP contribution in [0.2, 0.25) is 0 Å². The maximum Gasteiger partial charge on any atom is 0.275 e. The van der Waals surface area contributed by atoms with Crippen molar-refractivity contribution in [2.75, 3.05) is 18.5 Å². The summed E-state index contributed by atoms with van der Waals surface area (Å²) in [7, 11) is -3.61. The Balaban J connectivity index is 1.61. The average Bonchev–Trinajstić information content (AvgIpc) is 3.15. The van der Waals surface area contributed by atoms with Gasteiger partial charge in [-0.3, -0.25) is 9.78 Å². The van der Waals surface area contributed by atoms with Gasteiger partial charge in [-0.1, -0.05) is 0 Å². The van der Waals surface area contributed by atoms with Crippen molar-refractivity contribution in [3.63, 3.8) is 0 Å². The number of amides is 1. The van der Waals surface area contributed by atoms with Gasteiger partial charge in [-0.2, -0.15) is 0 Å². The molecule has 0 spiro atoms. The summed E-state index contributed by atoms with van der Waals surface area (Å²) in [5, 5.41) is 2.66. The van der Waals surface area contributed by atoms with Gasteiger partial charge in [0.25, 0.3) is 5.91 Å². The summed E-state index contributed by atoms with van der Waals surface area (Å²) in [6.45, 7) is 2.71. The zero-order valence-electron chi connectivity index (χ0n) is 14.3. The molecule has 1 aromatic carbocycles. The van der Waals surface area contributed by atoms with Gasteiger partial charge in [-0.05, 0) is 44.0 Å². The van der Waals surface area contributed by atoms with E-state index in [-0.39, 0.29) is 23.2 Å². The second-order valence-electron chi connectivity index (χ2n) is 6.01. The molecule has 9 heteroatoms. The molecule has 0 saturated carbocycles. The number of aryl methyl sites for hydroxylation is 1. The monoisotopic (exact) mass is 376 g/mol. The summed E-state index contributed by atoms with van der Waals surface area (Å²) in [4.78, 5) is 20.2. The van der Waals surface area contributed by atoms with Gasteiger partial charge in [-0.25, -0.2) is 18.1 Å². The Morgan fingerprint density at radius 2 is 2.00 bits per heavy atom. The molecule has 2 heterocycles. The highest BCUT2D eigenvalue weighted by atomic mass is 32.2. The van der Waals surface area contributed by atoms with E-state index in [9.17, 15) is 13.2 Å². The molecule has 0 radical (unpaired) electrons. The molecule has 1 aliphatic heterocycles. The smallest absolute Gasteiger partial charge is 0.275 e. The fourth-order valence-corrected chi connectivity index (χ4v) is 3.58. The molecule has 0 aliphatic carbocycles. The standard InChI is InChI=1S/C17H20N4O4S/c1-12-9-19-16(11-18-12)17(22)21-13-4-6-15(7-5-13)26(23,24)20-10-14-3-2-8-25-14/h4-7,9,11,14,20H,2-3,8,10H2,1H3,(H,21,22)/t14-/m0/s1. The molecule has 1 amide bonds. The van der Waals surface area contributed by atoms with Crippen LogP contribution in [0, 0.1) is 6.92 Å². The highest BCUT2D eigenvalue weighted by molar-refractivity contribution is 7.89. The van der Waals surface area contributed by atoms with Crippen LogP contribution in [0.5, 0.6) is 0 Å². The zero-order chi connectivity index (χ0) is 18.6. The van der Waals surface area contributed by atoms with Crippen molar-refractivity contribution in [1.29, 1.82) is 0 Å². The van der Waals surface area contributed by atoms with E-state index in [1.165, 1.54) is 36.7 Å². The van der Waals surface area contributed by atoms with Crippen molar-refractivity contribution < 1.29 is 17.9 Å². The quantitative estimate of drug-likeness (QED) is 0.790. The molecule has 138 valence electrons. The molecule has 1 aromatic heterocycles. The van der Waals surface area contributed by atoms with Gasteiger partial charge in [0.1, 0.15) is 5.69 Å².